The molecular weight excluding hydrogens is 635 g/mol. The molecule has 244 valence electrons. The molecule has 9 aromatic rings. The first-order valence-electron chi connectivity index (χ1n) is 24.6. The van der Waals surface area contributed by atoms with Crippen molar-refractivity contribution in [1.29, 1.82) is 0 Å². The fourth-order valence-electron chi connectivity index (χ4n) is 6.49. The van der Waals surface area contributed by atoms with Crippen molar-refractivity contribution in [3.8, 4) is 62.1 Å². The summed E-state index contributed by atoms with van der Waals surface area (Å²) in [6, 6.07) is 11.6. The normalized spacial score (nSPS) is 16.7. The summed E-state index contributed by atoms with van der Waals surface area (Å²) in [5.74, 6) is -2.11. The summed E-state index contributed by atoms with van der Waals surface area (Å²) >= 11 is 0. The minimum atomic E-state index is -1.57. The molecule has 0 unspecified atom stereocenters. The smallest absolute Gasteiger partial charge is 0.165 e. The third-order valence-corrected chi connectivity index (χ3v) is 8.75. The highest BCUT2D eigenvalue weighted by atomic mass is 15.1. The third kappa shape index (κ3) is 5.02. The standard InChI is InChI=1S/C47H31N5/c1-3-16-31(17-4-1)33-20-15-21-34(30-33)44-49-45(51-46(50-44)43-37-24-9-7-22-35(37)36-23-8-10-25-38(36)43)39-26-11-13-28-41(39)52-42-29-14-12-27-40(42)48-47(52)32-18-5-2-6-19-32/h1-30,43H/i1D,3D,4D,7D,8D,9D,10D,15D,16D,17D,20D,21D,22D,23D,24D,25D,30D. The molecule has 2 aromatic heterocycles. The molecule has 7 aromatic carbocycles. The fraction of sp³-hybridized carbons (Fsp3) is 0.0213. The Labute approximate surface area is 325 Å². The third-order valence-electron chi connectivity index (χ3n) is 8.75. The number of nitrogens with zero attached hydrogens (tertiary/aromatic N) is 5. The lowest BCUT2D eigenvalue weighted by molar-refractivity contribution is 0.855. The number of para-hydroxylation sites is 3. The first kappa shape index (κ1) is 17.3. The zero-order chi connectivity index (χ0) is 49.2. The number of hydrogen-bond donors (Lipinski definition) is 0. The maximum atomic E-state index is 9.60. The van der Waals surface area contributed by atoms with Crippen molar-refractivity contribution < 1.29 is 23.3 Å². The minimum Gasteiger partial charge on any atom is -0.292 e. The molecule has 5 heteroatoms. The summed E-state index contributed by atoms with van der Waals surface area (Å²) in [5.41, 5.74) is 0.223. The highest BCUT2D eigenvalue weighted by Gasteiger charge is 2.32. The maximum absolute atomic E-state index is 9.60. The summed E-state index contributed by atoms with van der Waals surface area (Å²) in [6.45, 7) is 0. The van der Waals surface area contributed by atoms with Crippen LogP contribution in [0.4, 0.5) is 0 Å². The Hall–Kier alpha value is -6.98. The van der Waals surface area contributed by atoms with E-state index in [0.29, 0.717) is 22.5 Å². The first-order chi connectivity index (χ1) is 32.9. The molecule has 0 aliphatic heterocycles. The van der Waals surface area contributed by atoms with Crippen LogP contribution in [0.2, 0.25) is 0 Å². The van der Waals surface area contributed by atoms with Gasteiger partial charge in [-0.15, -0.1) is 0 Å². The van der Waals surface area contributed by atoms with Crippen molar-refractivity contribution >= 4 is 11.0 Å². The van der Waals surface area contributed by atoms with Crippen LogP contribution in [0.15, 0.2) is 182 Å². The summed E-state index contributed by atoms with van der Waals surface area (Å²) in [7, 11) is 0. The Balaban J connectivity index is 1.35. The van der Waals surface area contributed by atoms with Gasteiger partial charge in [0.25, 0.3) is 0 Å². The highest BCUT2D eigenvalue weighted by Crippen LogP contribution is 2.47. The van der Waals surface area contributed by atoms with Gasteiger partial charge in [0, 0.05) is 16.7 Å². The second kappa shape index (κ2) is 12.4. The van der Waals surface area contributed by atoms with Gasteiger partial charge in [0.15, 0.2) is 11.6 Å². The summed E-state index contributed by atoms with van der Waals surface area (Å²) < 4.78 is 152. The molecule has 0 spiro atoms. The Morgan fingerprint density at radius 1 is 0.462 bits per heavy atom. The maximum Gasteiger partial charge on any atom is 0.165 e. The number of rotatable bonds is 6. The van der Waals surface area contributed by atoms with Gasteiger partial charge in [-0.25, -0.2) is 19.9 Å². The number of imidazole rings is 1. The van der Waals surface area contributed by atoms with Crippen LogP contribution in [0.25, 0.3) is 73.1 Å². The van der Waals surface area contributed by atoms with Crippen LogP contribution < -0.4 is 0 Å². The van der Waals surface area contributed by atoms with Crippen LogP contribution in [0.5, 0.6) is 0 Å². The predicted molar refractivity (Wildman–Crippen MR) is 209 cm³/mol. The first-order valence-corrected chi connectivity index (χ1v) is 16.1. The van der Waals surface area contributed by atoms with E-state index in [0.717, 1.165) is 5.56 Å². The molecule has 0 fully saturated rings. The fourth-order valence-corrected chi connectivity index (χ4v) is 6.49. The quantitative estimate of drug-likeness (QED) is 0.175. The van der Waals surface area contributed by atoms with Crippen LogP contribution in [0.3, 0.4) is 0 Å². The van der Waals surface area contributed by atoms with Crippen LogP contribution in [0, 0.1) is 0 Å². The monoisotopic (exact) mass is 682 g/mol. The Kier molecular flexibility index (Phi) is 4.13. The van der Waals surface area contributed by atoms with Gasteiger partial charge in [0.2, 0.25) is 0 Å². The van der Waals surface area contributed by atoms with Crippen molar-refractivity contribution in [2.45, 2.75) is 5.92 Å². The molecule has 0 saturated heterocycles. The number of fused-ring (bicyclic) bond motifs is 4. The zero-order valence-corrected chi connectivity index (χ0v) is 26.8. The van der Waals surface area contributed by atoms with Crippen LogP contribution >= 0.6 is 0 Å². The second-order valence-corrected chi connectivity index (χ2v) is 11.7. The number of hydrogen-bond acceptors (Lipinski definition) is 4. The molecule has 1 aliphatic rings. The van der Waals surface area contributed by atoms with Gasteiger partial charge in [0.1, 0.15) is 11.6 Å². The molecule has 10 rings (SSSR count). The Bertz CT molecular complexity index is 3630. The van der Waals surface area contributed by atoms with E-state index in [4.69, 9.17) is 37.8 Å². The molecule has 1 aliphatic carbocycles. The van der Waals surface area contributed by atoms with Crippen molar-refractivity contribution in [2.75, 3.05) is 0 Å². The minimum absolute atomic E-state index is 0.177. The average molecular weight is 683 g/mol. The van der Waals surface area contributed by atoms with E-state index in [-0.39, 0.29) is 39.5 Å². The molecule has 0 saturated carbocycles. The van der Waals surface area contributed by atoms with E-state index in [9.17, 15) is 5.48 Å². The van der Waals surface area contributed by atoms with E-state index in [2.05, 4.69) is 0 Å². The highest BCUT2D eigenvalue weighted by molar-refractivity contribution is 5.86. The van der Waals surface area contributed by atoms with Crippen molar-refractivity contribution in [3.63, 3.8) is 0 Å². The van der Waals surface area contributed by atoms with Crippen LogP contribution in [-0.4, -0.2) is 24.5 Å². The van der Waals surface area contributed by atoms with E-state index in [1.165, 1.54) is 0 Å². The summed E-state index contributed by atoms with van der Waals surface area (Å²) in [4.78, 5) is 19.5. The van der Waals surface area contributed by atoms with Gasteiger partial charge in [0.05, 0.1) is 45.9 Å². The number of benzene rings is 7. The van der Waals surface area contributed by atoms with Crippen LogP contribution in [0.1, 0.15) is 46.2 Å². The predicted octanol–water partition coefficient (Wildman–Crippen LogP) is 11.0. The van der Waals surface area contributed by atoms with E-state index in [1.54, 1.807) is 24.3 Å². The molecule has 0 atom stereocenters. The number of aromatic nitrogens is 5. The molecular formula is C47H31N5. The molecule has 0 amide bonds. The zero-order valence-electron chi connectivity index (χ0n) is 43.8. The molecule has 0 bridgehead atoms. The van der Waals surface area contributed by atoms with E-state index >= 15 is 0 Å². The Morgan fingerprint density at radius 3 is 1.90 bits per heavy atom. The van der Waals surface area contributed by atoms with Gasteiger partial charge in [-0.2, -0.15) is 0 Å². The summed E-state index contributed by atoms with van der Waals surface area (Å²) in [6.07, 6.45) is 0. The molecule has 5 nitrogen and oxygen atoms in total. The lowest BCUT2D eigenvalue weighted by Gasteiger charge is -2.17. The van der Waals surface area contributed by atoms with E-state index < -0.39 is 131 Å². The van der Waals surface area contributed by atoms with Crippen molar-refractivity contribution in [2.24, 2.45) is 0 Å². The van der Waals surface area contributed by atoms with Gasteiger partial charge in [-0.3, -0.25) is 4.57 Å². The molecule has 52 heavy (non-hydrogen) atoms. The van der Waals surface area contributed by atoms with Gasteiger partial charge >= 0.3 is 0 Å². The van der Waals surface area contributed by atoms with Crippen molar-refractivity contribution in [1.82, 2.24) is 24.5 Å². The largest absolute Gasteiger partial charge is 0.292 e. The van der Waals surface area contributed by atoms with Gasteiger partial charge < -0.3 is 0 Å². The Morgan fingerprint density at radius 2 is 1.10 bits per heavy atom. The molecule has 0 N–H and O–H groups in total. The average Bonchev–Trinajstić information content (AvgIpc) is 3.93. The van der Waals surface area contributed by atoms with Gasteiger partial charge in [-0.05, 0) is 63.7 Å². The molecule has 2 heterocycles. The SMILES string of the molecule is [2H]c1c([2H])c([2H])c(-c2c([2H])c([2H])c([2H])c(-c3nc(-c4ccccc4-n4c(-c5ccccc5)nc5ccccc54)nc(C4c5c([2H])c([2H])c([2H])c([2H])c5-c5c([2H])c([2H])c([2H])c([2H])c54)n3)c2[2H])c([2H])c1[2H]. The molecule has 0 radical (unpaired) electrons. The van der Waals surface area contributed by atoms with Gasteiger partial charge in [-0.1, -0.05) is 151 Å². The summed E-state index contributed by atoms with van der Waals surface area (Å²) in [5, 5.41) is 0. The topological polar surface area (TPSA) is 56.5 Å². The van der Waals surface area contributed by atoms with E-state index in [1.807, 2.05) is 59.2 Å². The lowest BCUT2D eigenvalue weighted by atomic mass is 9.95. The lowest BCUT2D eigenvalue weighted by Crippen LogP contribution is -2.10. The second-order valence-electron chi connectivity index (χ2n) is 11.7. The van der Waals surface area contributed by atoms with Crippen LogP contribution in [-0.2, 0) is 0 Å². The van der Waals surface area contributed by atoms with Crippen molar-refractivity contribution in [3.05, 3.63) is 199 Å².